The van der Waals surface area contributed by atoms with Crippen molar-refractivity contribution in [1.82, 2.24) is 19.8 Å². The molecule has 224 valence electrons. The zero-order valence-electron chi connectivity index (χ0n) is 24.7. The minimum Gasteiger partial charge on any atom is -0.618 e. The topological polar surface area (TPSA) is 120 Å². The number of rotatable bonds is 7. The van der Waals surface area contributed by atoms with Crippen LogP contribution in [0.3, 0.4) is 0 Å². The predicted octanol–water partition coefficient (Wildman–Crippen LogP) is 3.66. The van der Waals surface area contributed by atoms with Crippen LogP contribution in [0.4, 0.5) is 0 Å². The van der Waals surface area contributed by atoms with Crippen LogP contribution in [-0.4, -0.2) is 72.1 Å². The maximum Gasteiger partial charge on any atom is 0.260 e. The van der Waals surface area contributed by atoms with Crippen molar-refractivity contribution in [2.75, 3.05) is 32.4 Å². The van der Waals surface area contributed by atoms with Gasteiger partial charge in [0.2, 0.25) is 11.6 Å². The number of piperidine rings is 2. The predicted molar refractivity (Wildman–Crippen MR) is 158 cm³/mol. The molecule has 1 amide bonds. The molecule has 0 radical (unpaired) electrons. The molecular formula is C31H39N5O5S. The highest BCUT2D eigenvalue weighted by Crippen LogP contribution is 2.38. The van der Waals surface area contributed by atoms with Gasteiger partial charge in [0.25, 0.3) is 5.91 Å². The minimum absolute atomic E-state index is 0.0284. The number of ether oxygens (including phenoxy) is 1. The molecule has 11 heteroatoms. The lowest BCUT2D eigenvalue weighted by Gasteiger charge is -2.49. The van der Waals surface area contributed by atoms with Crippen LogP contribution < -0.4 is 9.47 Å². The molecule has 0 spiro atoms. The molecule has 2 aromatic heterocycles. The minimum atomic E-state index is -3.30. The first-order valence-electron chi connectivity index (χ1n) is 14.4. The van der Waals surface area contributed by atoms with Crippen LogP contribution in [0.2, 0.25) is 0 Å². The molecule has 2 saturated heterocycles. The van der Waals surface area contributed by atoms with Gasteiger partial charge in [0.15, 0.2) is 16.0 Å². The second kappa shape index (κ2) is 12.0. The Labute approximate surface area is 247 Å². The number of carbonyl (C=O) groups is 1. The molecule has 10 nitrogen and oxygen atoms in total. The molecule has 4 heterocycles. The number of benzene rings is 1. The molecule has 0 aliphatic carbocycles. The van der Waals surface area contributed by atoms with Crippen molar-refractivity contribution in [3.8, 4) is 5.88 Å². The van der Waals surface area contributed by atoms with E-state index < -0.39 is 9.84 Å². The summed E-state index contributed by atoms with van der Waals surface area (Å²) in [7, 11) is -3.30. The van der Waals surface area contributed by atoms with Crippen LogP contribution >= 0.6 is 0 Å². The van der Waals surface area contributed by atoms with Crippen molar-refractivity contribution < 1.29 is 22.7 Å². The van der Waals surface area contributed by atoms with E-state index in [0.717, 1.165) is 54.6 Å². The van der Waals surface area contributed by atoms with Crippen molar-refractivity contribution in [1.29, 1.82) is 0 Å². The van der Waals surface area contributed by atoms with Crippen LogP contribution in [0.5, 0.6) is 5.88 Å². The van der Waals surface area contributed by atoms with Gasteiger partial charge in [0.1, 0.15) is 11.7 Å². The van der Waals surface area contributed by atoms with E-state index >= 15 is 0 Å². The Morgan fingerprint density at radius 3 is 2.33 bits per heavy atom. The highest BCUT2D eigenvalue weighted by molar-refractivity contribution is 7.90. The highest BCUT2D eigenvalue weighted by atomic mass is 32.2. The van der Waals surface area contributed by atoms with Crippen LogP contribution in [0.25, 0.3) is 0 Å². The summed E-state index contributed by atoms with van der Waals surface area (Å²) in [5.74, 6) is 0.579. The standard InChI is InChI=1S/C31H39N5O5S/c1-22-9-18-36(38)23(2)28(22)30(37)34-19-12-31(3,13-20-34)35-16-10-25(11-17-35)29(41-27-21-32-14-15-33-27)24-5-7-26(8-6-24)42(4,39)40/h5-9,14-15,18,21,25,29H,10-13,16-17,19-20H2,1-4H3. The Morgan fingerprint density at radius 1 is 1.07 bits per heavy atom. The van der Waals surface area contributed by atoms with Gasteiger partial charge in [-0.2, -0.15) is 4.73 Å². The van der Waals surface area contributed by atoms with Gasteiger partial charge in [-0.15, -0.1) is 0 Å². The number of sulfone groups is 1. The summed E-state index contributed by atoms with van der Waals surface area (Å²) in [4.78, 5) is 26.5. The van der Waals surface area contributed by atoms with Crippen molar-refractivity contribution in [2.24, 2.45) is 5.92 Å². The lowest BCUT2D eigenvalue weighted by Crippen LogP contribution is -2.57. The Bertz CT molecular complexity index is 1520. The number of pyridine rings is 1. The summed E-state index contributed by atoms with van der Waals surface area (Å²) >= 11 is 0. The summed E-state index contributed by atoms with van der Waals surface area (Å²) < 4.78 is 31.1. The smallest absolute Gasteiger partial charge is 0.260 e. The summed E-state index contributed by atoms with van der Waals surface area (Å²) in [5, 5.41) is 12.1. The quantitative estimate of drug-likeness (QED) is 0.301. The zero-order valence-corrected chi connectivity index (χ0v) is 25.5. The number of amides is 1. The molecule has 5 rings (SSSR count). The van der Waals surface area contributed by atoms with Crippen molar-refractivity contribution in [2.45, 2.75) is 63.0 Å². The summed E-state index contributed by atoms with van der Waals surface area (Å²) in [6.45, 7) is 8.94. The number of hydrogen-bond acceptors (Lipinski definition) is 8. The van der Waals surface area contributed by atoms with Crippen LogP contribution in [0.1, 0.15) is 65.9 Å². The molecule has 1 unspecified atom stereocenters. The Morgan fingerprint density at radius 2 is 1.74 bits per heavy atom. The fourth-order valence-electron chi connectivity index (χ4n) is 6.32. The number of likely N-dealkylation sites (tertiary alicyclic amines) is 2. The van der Waals surface area contributed by atoms with E-state index in [9.17, 15) is 18.4 Å². The van der Waals surface area contributed by atoms with Gasteiger partial charge in [0, 0.05) is 56.2 Å². The van der Waals surface area contributed by atoms with E-state index in [-0.39, 0.29) is 28.4 Å². The fourth-order valence-corrected chi connectivity index (χ4v) is 6.95. The fraction of sp³-hybridized carbons (Fsp3) is 0.484. The molecule has 1 aromatic carbocycles. The maximum absolute atomic E-state index is 13.4. The third-order valence-electron chi connectivity index (χ3n) is 9.04. The molecule has 2 aliphatic heterocycles. The lowest BCUT2D eigenvalue weighted by atomic mass is 9.82. The van der Waals surface area contributed by atoms with E-state index in [1.165, 1.54) is 12.5 Å². The van der Waals surface area contributed by atoms with Gasteiger partial charge >= 0.3 is 0 Å². The maximum atomic E-state index is 13.4. The van der Waals surface area contributed by atoms with E-state index in [1.807, 2.05) is 24.0 Å². The lowest BCUT2D eigenvalue weighted by molar-refractivity contribution is -0.612. The van der Waals surface area contributed by atoms with Crippen molar-refractivity contribution in [3.05, 3.63) is 82.7 Å². The average Bonchev–Trinajstić information content (AvgIpc) is 2.98. The monoisotopic (exact) mass is 593 g/mol. The average molecular weight is 594 g/mol. The number of carbonyl (C=O) groups excluding carboxylic acids is 1. The summed E-state index contributed by atoms with van der Waals surface area (Å²) in [6.07, 6.45) is 10.7. The van der Waals surface area contributed by atoms with E-state index in [2.05, 4.69) is 21.8 Å². The summed E-state index contributed by atoms with van der Waals surface area (Å²) in [5.41, 5.74) is 2.66. The number of aryl methyl sites for hydroxylation is 1. The molecule has 2 fully saturated rings. The van der Waals surface area contributed by atoms with Gasteiger partial charge in [0.05, 0.1) is 11.1 Å². The van der Waals surface area contributed by atoms with Gasteiger partial charge in [-0.3, -0.25) is 14.7 Å². The number of aromatic nitrogens is 3. The third-order valence-corrected chi connectivity index (χ3v) is 10.2. The van der Waals surface area contributed by atoms with Crippen molar-refractivity contribution in [3.63, 3.8) is 0 Å². The molecular weight excluding hydrogens is 554 g/mol. The molecule has 0 N–H and O–H groups in total. The Balaban J connectivity index is 1.25. The second-order valence-corrected chi connectivity index (χ2v) is 13.8. The molecule has 1 atom stereocenters. The highest BCUT2D eigenvalue weighted by Gasteiger charge is 2.41. The van der Waals surface area contributed by atoms with Gasteiger partial charge < -0.3 is 14.8 Å². The Hall–Kier alpha value is -3.57. The molecule has 0 saturated carbocycles. The SMILES string of the molecule is Cc1cc[n+]([O-])c(C)c1C(=O)N1CCC(C)(N2CCC(C(Oc3cnccn3)c3ccc(S(C)(=O)=O)cc3)CC2)CC1. The van der Waals surface area contributed by atoms with Crippen LogP contribution in [-0.2, 0) is 9.84 Å². The Kier molecular flexibility index (Phi) is 8.52. The zero-order chi connectivity index (χ0) is 30.1. The molecule has 0 bridgehead atoms. The van der Waals surface area contributed by atoms with Gasteiger partial charge in [-0.1, -0.05) is 12.1 Å². The first kappa shape index (κ1) is 29.9. The summed E-state index contributed by atoms with van der Waals surface area (Å²) in [6, 6.07) is 8.65. The van der Waals surface area contributed by atoms with Crippen molar-refractivity contribution >= 4 is 15.7 Å². The largest absolute Gasteiger partial charge is 0.618 e. The number of nitrogens with zero attached hydrogens (tertiary/aromatic N) is 5. The van der Waals surface area contributed by atoms with E-state index in [0.29, 0.717) is 30.2 Å². The number of hydrogen-bond donors (Lipinski definition) is 0. The van der Waals surface area contributed by atoms with E-state index in [1.54, 1.807) is 43.7 Å². The van der Waals surface area contributed by atoms with Gasteiger partial charge in [-0.05, 0) is 75.9 Å². The first-order valence-corrected chi connectivity index (χ1v) is 16.3. The van der Waals surface area contributed by atoms with E-state index in [4.69, 9.17) is 4.74 Å². The second-order valence-electron chi connectivity index (χ2n) is 11.8. The molecule has 3 aromatic rings. The third kappa shape index (κ3) is 6.27. The first-order chi connectivity index (χ1) is 20.0. The molecule has 2 aliphatic rings. The van der Waals surface area contributed by atoms with Crippen LogP contribution in [0.15, 0.2) is 60.0 Å². The molecule has 42 heavy (non-hydrogen) atoms. The van der Waals surface area contributed by atoms with Gasteiger partial charge in [-0.25, -0.2) is 13.4 Å². The normalized spacial score (nSPS) is 18.9. The van der Waals surface area contributed by atoms with Crippen LogP contribution in [0, 0.1) is 25.0 Å².